The third-order valence-corrected chi connectivity index (χ3v) is 6.12. The Labute approximate surface area is 188 Å². The molecule has 1 amide bonds. The highest BCUT2D eigenvalue weighted by Gasteiger charge is 2.37. The van der Waals surface area contributed by atoms with Crippen molar-refractivity contribution < 1.29 is 26.7 Å². The molecule has 0 saturated carbocycles. The van der Waals surface area contributed by atoms with Crippen molar-refractivity contribution in [2.75, 3.05) is 6.54 Å². The quantitative estimate of drug-likeness (QED) is 0.390. The van der Waals surface area contributed by atoms with E-state index in [2.05, 4.69) is 0 Å². The van der Waals surface area contributed by atoms with Gasteiger partial charge in [-0.15, -0.1) is 0 Å². The van der Waals surface area contributed by atoms with Gasteiger partial charge in [0.05, 0.1) is 17.5 Å². The Kier molecular flexibility index (Phi) is 6.49. The van der Waals surface area contributed by atoms with Crippen molar-refractivity contribution in [3.63, 3.8) is 0 Å². The maximum absolute atomic E-state index is 14.5. The number of carbonyl (C=O) groups is 1. The number of amides is 1. The fourth-order valence-corrected chi connectivity index (χ4v) is 4.44. The van der Waals surface area contributed by atoms with Crippen molar-refractivity contribution in [1.29, 1.82) is 0 Å². The summed E-state index contributed by atoms with van der Waals surface area (Å²) < 4.78 is 68.0. The molecule has 0 radical (unpaired) electrons. The Morgan fingerprint density at radius 3 is 2.18 bits per heavy atom. The normalized spacial score (nSPS) is 17.2. The van der Waals surface area contributed by atoms with E-state index >= 15 is 0 Å². The van der Waals surface area contributed by atoms with E-state index in [0.29, 0.717) is 30.5 Å². The summed E-state index contributed by atoms with van der Waals surface area (Å²) in [6, 6.07) is 16.2. The van der Waals surface area contributed by atoms with Gasteiger partial charge in [-0.2, -0.15) is 13.2 Å². The van der Waals surface area contributed by atoms with E-state index in [-0.39, 0.29) is 17.9 Å². The molecule has 4 rings (SSSR count). The Hall–Kier alpha value is -3.22. The average molecular weight is 459 g/mol. The number of hydrogen-bond donors (Lipinski definition) is 0. The molecule has 2 nitrogen and oxygen atoms in total. The van der Waals surface area contributed by atoms with Crippen molar-refractivity contribution >= 4 is 5.91 Å². The highest BCUT2D eigenvalue weighted by molar-refractivity contribution is 5.85. The highest BCUT2D eigenvalue weighted by Crippen LogP contribution is 2.37. The van der Waals surface area contributed by atoms with Crippen molar-refractivity contribution in [2.45, 2.75) is 37.4 Å². The van der Waals surface area contributed by atoms with Gasteiger partial charge >= 0.3 is 6.18 Å². The lowest BCUT2D eigenvalue weighted by Crippen LogP contribution is -2.36. The molecule has 1 saturated heterocycles. The molecular formula is C26H22F5NO. The standard InChI is InChI=1S/C26H22F5NO/c27-22-8-3-1-6-18(22)16-21(17-11-13-19(14-12-17)26(29,30)31)25(33)32-15-5-10-24(32)20-7-2-4-9-23(20)28/h1-4,6-9,11-14,21,24H,5,10,15-16H2. The zero-order valence-electron chi connectivity index (χ0n) is 17.7. The molecule has 1 aliphatic heterocycles. The molecule has 0 aromatic heterocycles. The van der Waals surface area contributed by atoms with Crippen LogP contribution < -0.4 is 0 Å². The summed E-state index contributed by atoms with van der Waals surface area (Å²) in [4.78, 5) is 15.3. The Morgan fingerprint density at radius 1 is 0.909 bits per heavy atom. The van der Waals surface area contributed by atoms with Gasteiger partial charge in [0.15, 0.2) is 0 Å². The minimum Gasteiger partial charge on any atom is -0.335 e. The third kappa shape index (κ3) is 4.92. The Bertz CT molecular complexity index is 1130. The maximum atomic E-state index is 14.5. The van der Waals surface area contributed by atoms with E-state index in [1.165, 1.54) is 30.3 Å². The van der Waals surface area contributed by atoms with Gasteiger partial charge in [0.25, 0.3) is 0 Å². The SMILES string of the molecule is O=C(C(Cc1ccccc1F)c1ccc(C(F)(F)F)cc1)N1CCCC1c1ccccc1F. The fraction of sp³-hybridized carbons (Fsp3) is 0.269. The zero-order valence-corrected chi connectivity index (χ0v) is 17.7. The van der Waals surface area contributed by atoms with E-state index < -0.39 is 35.3 Å². The summed E-state index contributed by atoms with van der Waals surface area (Å²) in [7, 11) is 0. The van der Waals surface area contributed by atoms with Gasteiger partial charge in [0.1, 0.15) is 11.6 Å². The second-order valence-electron chi connectivity index (χ2n) is 8.18. The monoisotopic (exact) mass is 459 g/mol. The van der Waals surface area contributed by atoms with E-state index in [0.717, 1.165) is 12.1 Å². The van der Waals surface area contributed by atoms with Crippen molar-refractivity contribution in [1.82, 2.24) is 4.90 Å². The molecule has 172 valence electrons. The number of alkyl halides is 3. The molecule has 7 heteroatoms. The van der Waals surface area contributed by atoms with E-state index in [1.54, 1.807) is 35.2 Å². The van der Waals surface area contributed by atoms with Gasteiger partial charge in [0, 0.05) is 12.1 Å². The summed E-state index contributed by atoms with van der Waals surface area (Å²) in [5, 5.41) is 0. The molecule has 1 fully saturated rings. The summed E-state index contributed by atoms with van der Waals surface area (Å²) >= 11 is 0. The molecule has 33 heavy (non-hydrogen) atoms. The lowest BCUT2D eigenvalue weighted by atomic mass is 9.89. The topological polar surface area (TPSA) is 20.3 Å². The van der Waals surface area contributed by atoms with E-state index in [1.807, 2.05) is 0 Å². The minimum atomic E-state index is -4.51. The molecule has 3 aromatic rings. The van der Waals surface area contributed by atoms with Gasteiger partial charge in [-0.05, 0) is 54.7 Å². The fourth-order valence-electron chi connectivity index (χ4n) is 4.44. The van der Waals surface area contributed by atoms with Crippen LogP contribution >= 0.6 is 0 Å². The zero-order chi connectivity index (χ0) is 23.6. The first-order chi connectivity index (χ1) is 15.8. The van der Waals surface area contributed by atoms with Gasteiger partial charge in [-0.3, -0.25) is 4.79 Å². The van der Waals surface area contributed by atoms with E-state index in [9.17, 15) is 26.7 Å². The first-order valence-electron chi connectivity index (χ1n) is 10.7. The largest absolute Gasteiger partial charge is 0.416 e. The molecule has 1 heterocycles. The van der Waals surface area contributed by atoms with Crippen molar-refractivity contribution in [3.8, 4) is 0 Å². The molecular weight excluding hydrogens is 437 g/mol. The second kappa shape index (κ2) is 9.33. The van der Waals surface area contributed by atoms with Crippen LogP contribution in [0, 0.1) is 11.6 Å². The Balaban J connectivity index is 1.70. The summed E-state index contributed by atoms with van der Waals surface area (Å²) in [6.07, 6.45) is -3.28. The van der Waals surface area contributed by atoms with Gasteiger partial charge in [0.2, 0.25) is 5.91 Å². The molecule has 0 N–H and O–H groups in total. The molecule has 0 spiro atoms. The maximum Gasteiger partial charge on any atom is 0.416 e. The predicted octanol–water partition coefficient (Wildman–Crippen LogP) is 6.67. The molecule has 2 unspecified atom stereocenters. The smallest absolute Gasteiger partial charge is 0.335 e. The number of halogens is 5. The van der Waals surface area contributed by atoms with Crippen LogP contribution in [0.25, 0.3) is 0 Å². The summed E-state index contributed by atoms with van der Waals surface area (Å²) in [5.41, 5.74) is 0.224. The van der Waals surface area contributed by atoms with Crippen LogP contribution in [0.15, 0.2) is 72.8 Å². The lowest BCUT2D eigenvalue weighted by molar-refractivity contribution is -0.137. The number of nitrogens with zero attached hydrogens (tertiary/aromatic N) is 1. The van der Waals surface area contributed by atoms with Crippen LogP contribution in [-0.4, -0.2) is 17.4 Å². The van der Waals surface area contributed by atoms with E-state index in [4.69, 9.17) is 0 Å². The summed E-state index contributed by atoms with van der Waals surface area (Å²) in [5.74, 6) is -2.17. The lowest BCUT2D eigenvalue weighted by Gasteiger charge is -2.30. The van der Waals surface area contributed by atoms with Crippen LogP contribution in [0.3, 0.4) is 0 Å². The molecule has 1 aliphatic rings. The average Bonchev–Trinajstić information content (AvgIpc) is 3.28. The van der Waals surface area contributed by atoms with Crippen molar-refractivity contribution in [3.05, 3.63) is 107 Å². The molecule has 0 bridgehead atoms. The Morgan fingerprint density at radius 2 is 1.55 bits per heavy atom. The van der Waals surface area contributed by atoms with Gasteiger partial charge in [-0.25, -0.2) is 8.78 Å². The van der Waals surface area contributed by atoms with Crippen LogP contribution in [0.1, 0.15) is 47.1 Å². The third-order valence-electron chi connectivity index (χ3n) is 6.12. The number of carbonyl (C=O) groups excluding carboxylic acids is 1. The highest BCUT2D eigenvalue weighted by atomic mass is 19.4. The number of rotatable bonds is 5. The van der Waals surface area contributed by atoms with Gasteiger partial charge < -0.3 is 4.90 Å². The number of likely N-dealkylation sites (tertiary alicyclic amines) is 1. The molecule has 3 aromatic carbocycles. The first kappa shape index (κ1) is 23.0. The molecule has 2 atom stereocenters. The van der Waals surface area contributed by atoms with Crippen LogP contribution in [0.4, 0.5) is 22.0 Å². The molecule has 0 aliphatic carbocycles. The number of benzene rings is 3. The van der Waals surface area contributed by atoms with Crippen LogP contribution in [0.5, 0.6) is 0 Å². The van der Waals surface area contributed by atoms with Crippen molar-refractivity contribution in [2.24, 2.45) is 0 Å². The van der Waals surface area contributed by atoms with Gasteiger partial charge in [-0.1, -0.05) is 48.5 Å². The summed E-state index contributed by atoms with van der Waals surface area (Å²) in [6.45, 7) is 0.395. The minimum absolute atomic E-state index is 0.0165. The van der Waals surface area contributed by atoms with Crippen LogP contribution in [0.2, 0.25) is 0 Å². The number of hydrogen-bond acceptors (Lipinski definition) is 1. The predicted molar refractivity (Wildman–Crippen MR) is 114 cm³/mol. The van der Waals surface area contributed by atoms with Crippen LogP contribution in [-0.2, 0) is 17.4 Å². The first-order valence-corrected chi connectivity index (χ1v) is 10.7. The second-order valence-corrected chi connectivity index (χ2v) is 8.18.